The van der Waals surface area contributed by atoms with Crippen LogP contribution in [0, 0.1) is 5.92 Å². The minimum Gasteiger partial charge on any atom is -0.452 e. The Hall–Kier alpha value is -3.68. The van der Waals surface area contributed by atoms with Crippen LogP contribution in [-0.2, 0) is 40.3 Å². The van der Waals surface area contributed by atoms with Crippen molar-refractivity contribution in [3.8, 4) is 0 Å². The molecule has 1 saturated carbocycles. The second kappa shape index (κ2) is 10.1. The summed E-state index contributed by atoms with van der Waals surface area (Å²) in [6, 6.07) is 12.4. The first kappa shape index (κ1) is 25.6. The minimum atomic E-state index is -0.364. The Morgan fingerprint density at radius 3 is 2.64 bits per heavy atom. The van der Waals surface area contributed by atoms with Gasteiger partial charge in [-0.25, -0.2) is 9.78 Å². The molecule has 0 spiro atoms. The first-order chi connectivity index (χ1) is 18.9. The first-order valence-corrected chi connectivity index (χ1v) is 14.1. The van der Waals surface area contributed by atoms with Crippen molar-refractivity contribution in [2.75, 3.05) is 12.0 Å². The molecule has 3 atom stereocenters. The largest absolute Gasteiger partial charge is 0.452 e. The third kappa shape index (κ3) is 4.49. The van der Waals surface area contributed by atoms with Gasteiger partial charge in [-0.3, -0.25) is 14.5 Å². The standard InChI is InChI=1S/C31H36N4O4/c1-19-11-12-25-26(34(19)31(38)39-3)13-14-27-30(25)32-28(35(27)24-10-6-9-21(15-24)20(2)36)18-33-17-23-8-5-4-7-22(23)16-29(33)37/h4-5,7-8,13-14,19,21,24H,6,9-12,15-18H2,1-3H3/t19-,21+,24+/m0/s1. The lowest BCUT2D eigenvalue weighted by Gasteiger charge is -2.34. The summed E-state index contributed by atoms with van der Waals surface area (Å²) in [4.78, 5) is 47.1. The fraction of sp³-hybridized carbons (Fsp3) is 0.484. The number of aryl methyl sites for hydroxylation is 1. The average molecular weight is 529 g/mol. The van der Waals surface area contributed by atoms with E-state index in [0.29, 0.717) is 19.5 Å². The van der Waals surface area contributed by atoms with Crippen molar-refractivity contribution in [3.05, 3.63) is 58.9 Å². The number of imidazole rings is 1. The van der Waals surface area contributed by atoms with Crippen molar-refractivity contribution in [2.24, 2.45) is 5.92 Å². The number of ether oxygens (including phenoxy) is 1. The fourth-order valence-corrected chi connectivity index (χ4v) is 6.88. The van der Waals surface area contributed by atoms with E-state index in [1.165, 1.54) is 12.7 Å². The van der Waals surface area contributed by atoms with E-state index in [0.717, 1.165) is 72.2 Å². The molecule has 8 heteroatoms. The number of carbonyl (C=O) groups excluding carboxylic acids is 3. The van der Waals surface area contributed by atoms with Gasteiger partial charge in [0.1, 0.15) is 11.6 Å². The zero-order valence-electron chi connectivity index (χ0n) is 23.0. The Labute approximate surface area is 228 Å². The summed E-state index contributed by atoms with van der Waals surface area (Å²) in [5.74, 6) is 1.24. The number of rotatable bonds is 4. The number of fused-ring (bicyclic) bond motifs is 4. The number of hydrogen-bond acceptors (Lipinski definition) is 5. The third-order valence-corrected chi connectivity index (χ3v) is 8.99. The lowest BCUT2D eigenvalue weighted by molar-refractivity contribution is -0.132. The number of hydrogen-bond donors (Lipinski definition) is 0. The Kier molecular flexibility index (Phi) is 6.65. The molecule has 1 aliphatic carbocycles. The molecule has 1 aromatic heterocycles. The molecule has 3 aliphatic rings. The molecule has 6 rings (SSSR count). The zero-order chi connectivity index (χ0) is 27.3. The van der Waals surface area contributed by atoms with Crippen LogP contribution in [0.25, 0.3) is 11.0 Å². The van der Waals surface area contributed by atoms with Crippen LogP contribution in [0.4, 0.5) is 10.5 Å². The zero-order valence-corrected chi connectivity index (χ0v) is 23.0. The Morgan fingerprint density at radius 1 is 1.08 bits per heavy atom. The van der Waals surface area contributed by atoms with Crippen LogP contribution in [0.15, 0.2) is 36.4 Å². The summed E-state index contributed by atoms with van der Waals surface area (Å²) in [5.41, 5.74) is 6.06. The predicted octanol–water partition coefficient (Wildman–Crippen LogP) is 5.35. The van der Waals surface area contributed by atoms with Gasteiger partial charge >= 0.3 is 6.09 Å². The van der Waals surface area contributed by atoms with Gasteiger partial charge in [-0.15, -0.1) is 0 Å². The predicted molar refractivity (Wildman–Crippen MR) is 148 cm³/mol. The molecule has 3 aromatic rings. The monoisotopic (exact) mass is 528 g/mol. The molecule has 2 amide bonds. The second-order valence-electron chi connectivity index (χ2n) is 11.4. The number of nitrogens with zero attached hydrogens (tertiary/aromatic N) is 4. The molecule has 1 fully saturated rings. The first-order valence-electron chi connectivity index (χ1n) is 14.1. The van der Waals surface area contributed by atoms with E-state index in [9.17, 15) is 14.4 Å². The van der Waals surface area contributed by atoms with Gasteiger partial charge in [0.25, 0.3) is 0 Å². The van der Waals surface area contributed by atoms with Crippen molar-refractivity contribution < 1.29 is 19.1 Å². The molecule has 8 nitrogen and oxygen atoms in total. The molecule has 39 heavy (non-hydrogen) atoms. The van der Waals surface area contributed by atoms with E-state index in [2.05, 4.69) is 16.7 Å². The summed E-state index contributed by atoms with van der Waals surface area (Å²) >= 11 is 0. The quantitative estimate of drug-likeness (QED) is 0.456. The molecule has 0 bridgehead atoms. The van der Waals surface area contributed by atoms with E-state index in [1.54, 1.807) is 11.8 Å². The average Bonchev–Trinajstić information content (AvgIpc) is 3.31. The highest BCUT2D eigenvalue weighted by molar-refractivity contribution is 5.95. The summed E-state index contributed by atoms with van der Waals surface area (Å²) in [5, 5.41) is 0. The van der Waals surface area contributed by atoms with Gasteiger partial charge in [0.15, 0.2) is 0 Å². The van der Waals surface area contributed by atoms with Gasteiger partial charge in [-0.05, 0) is 69.2 Å². The molecule has 0 radical (unpaired) electrons. The van der Waals surface area contributed by atoms with Crippen molar-refractivity contribution in [3.63, 3.8) is 0 Å². The van der Waals surface area contributed by atoms with Crippen LogP contribution in [0.2, 0.25) is 0 Å². The van der Waals surface area contributed by atoms with Crippen LogP contribution in [0.5, 0.6) is 0 Å². The highest BCUT2D eigenvalue weighted by Gasteiger charge is 2.34. The number of anilines is 1. The molecule has 2 aliphatic heterocycles. The topological polar surface area (TPSA) is 84.7 Å². The summed E-state index contributed by atoms with van der Waals surface area (Å²) in [6.07, 6.45) is 5.34. The number of carbonyl (C=O) groups is 3. The van der Waals surface area contributed by atoms with Gasteiger partial charge in [0, 0.05) is 30.1 Å². The van der Waals surface area contributed by atoms with Crippen LogP contribution >= 0.6 is 0 Å². The number of ketones is 1. The van der Waals surface area contributed by atoms with Crippen molar-refractivity contribution in [2.45, 2.75) is 84.0 Å². The maximum absolute atomic E-state index is 13.2. The Balaban J connectivity index is 1.45. The third-order valence-electron chi connectivity index (χ3n) is 8.99. The highest BCUT2D eigenvalue weighted by atomic mass is 16.5. The second-order valence-corrected chi connectivity index (χ2v) is 11.4. The molecule has 0 N–H and O–H groups in total. The summed E-state index contributed by atoms with van der Waals surface area (Å²) in [6.45, 7) is 4.71. The van der Waals surface area contributed by atoms with Gasteiger partial charge in [-0.1, -0.05) is 30.7 Å². The molecule has 204 valence electrons. The molecule has 2 aromatic carbocycles. The highest BCUT2D eigenvalue weighted by Crippen LogP contribution is 2.41. The summed E-state index contributed by atoms with van der Waals surface area (Å²) < 4.78 is 7.42. The van der Waals surface area contributed by atoms with E-state index in [4.69, 9.17) is 9.72 Å². The van der Waals surface area contributed by atoms with Crippen molar-refractivity contribution >= 4 is 34.5 Å². The lowest BCUT2D eigenvalue weighted by Crippen LogP contribution is -2.42. The molecule has 0 unspecified atom stereocenters. The van der Waals surface area contributed by atoms with E-state index in [-0.39, 0.29) is 35.8 Å². The molecular formula is C31H36N4O4. The van der Waals surface area contributed by atoms with Crippen LogP contribution in [-0.4, -0.2) is 45.4 Å². The van der Waals surface area contributed by atoms with Crippen molar-refractivity contribution in [1.29, 1.82) is 0 Å². The minimum absolute atomic E-state index is 0.0321. The number of Topliss-reactive ketones (excluding diaryl/α,β-unsaturated/α-hetero) is 1. The van der Waals surface area contributed by atoms with Gasteiger partial charge in [0.2, 0.25) is 5.91 Å². The van der Waals surface area contributed by atoms with E-state index >= 15 is 0 Å². The van der Waals surface area contributed by atoms with E-state index < -0.39 is 0 Å². The Morgan fingerprint density at radius 2 is 1.87 bits per heavy atom. The Bertz CT molecular complexity index is 1460. The van der Waals surface area contributed by atoms with Crippen molar-refractivity contribution in [1.82, 2.24) is 14.5 Å². The van der Waals surface area contributed by atoms with Gasteiger partial charge in [-0.2, -0.15) is 0 Å². The number of amides is 2. The smallest absolute Gasteiger partial charge is 0.414 e. The summed E-state index contributed by atoms with van der Waals surface area (Å²) in [7, 11) is 1.41. The van der Waals surface area contributed by atoms with E-state index in [1.807, 2.05) is 36.1 Å². The molecular weight excluding hydrogens is 492 g/mol. The fourth-order valence-electron chi connectivity index (χ4n) is 6.88. The number of methoxy groups -OCH3 is 1. The SMILES string of the molecule is COC(=O)N1c2ccc3c(nc(CN4Cc5ccccc5CC4=O)n3[C@@H]3CCC[C@@H](C(C)=O)C3)c2CC[C@@H]1C. The molecule has 0 saturated heterocycles. The van der Waals surface area contributed by atoms with Gasteiger partial charge in [0.05, 0.1) is 36.8 Å². The molecule has 3 heterocycles. The maximum Gasteiger partial charge on any atom is 0.414 e. The van der Waals surface area contributed by atoms with Crippen LogP contribution < -0.4 is 4.90 Å². The lowest BCUT2D eigenvalue weighted by atomic mass is 9.83. The normalized spacial score (nSPS) is 22.9. The maximum atomic E-state index is 13.2. The van der Waals surface area contributed by atoms with Crippen LogP contribution in [0.1, 0.15) is 74.5 Å². The van der Waals surface area contributed by atoms with Gasteiger partial charge < -0.3 is 14.2 Å². The number of aromatic nitrogens is 2. The number of benzene rings is 2. The van der Waals surface area contributed by atoms with Crippen LogP contribution in [0.3, 0.4) is 0 Å².